The summed E-state index contributed by atoms with van der Waals surface area (Å²) >= 11 is 0. The number of halogens is 1. The van der Waals surface area contributed by atoms with E-state index in [1.54, 1.807) is 24.3 Å². The molecule has 1 aromatic carbocycles. The average Bonchev–Trinajstić information content (AvgIpc) is 2.94. The molecule has 0 aromatic heterocycles. The Kier molecular flexibility index (Phi) is 3.68. The van der Waals surface area contributed by atoms with E-state index in [0.29, 0.717) is 17.7 Å². The van der Waals surface area contributed by atoms with Gasteiger partial charge in [-0.05, 0) is 31.5 Å². The lowest BCUT2D eigenvalue weighted by Gasteiger charge is -2.18. The molecular weight excluding hydrogens is 252 g/mol. The van der Waals surface area contributed by atoms with E-state index < -0.39 is 0 Å². The number of fused-ring (bicyclic) bond motifs is 1. The number of amides is 2. The summed E-state index contributed by atoms with van der Waals surface area (Å²) in [5, 5.41) is 3.31. The molecule has 5 heteroatoms. The first-order chi connectivity index (χ1) is 8.27. The monoisotopic (exact) mass is 266 g/mol. The smallest absolute Gasteiger partial charge is 0.261 e. The quantitative estimate of drug-likeness (QED) is 0.825. The Hall–Kier alpha value is -1.39. The minimum absolute atomic E-state index is 0. The number of hydrogen-bond acceptors (Lipinski definition) is 3. The number of nitrogens with zero attached hydrogens (tertiary/aromatic N) is 1. The van der Waals surface area contributed by atoms with E-state index in [-0.39, 0.29) is 30.3 Å². The zero-order chi connectivity index (χ0) is 11.8. The van der Waals surface area contributed by atoms with E-state index in [4.69, 9.17) is 0 Å². The van der Waals surface area contributed by atoms with Crippen LogP contribution in [0.3, 0.4) is 0 Å². The fourth-order valence-electron chi connectivity index (χ4n) is 2.54. The van der Waals surface area contributed by atoms with Gasteiger partial charge in [0, 0.05) is 12.6 Å². The van der Waals surface area contributed by atoms with Crippen LogP contribution in [0.2, 0.25) is 0 Å². The molecule has 0 bridgehead atoms. The highest BCUT2D eigenvalue weighted by Crippen LogP contribution is 2.23. The number of benzene rings is 1. The van der Waals surface area contributed by atoms with Crippen LogP contribution in [0.25, 0.3) is 0 Å². The maximum atomic E-state index is 12.1. The standard InChI is InChI=1S/C13H14N2O2.ClH/c16-12-10-5-1-2-6-11(10)13(17)15(12)8-9-4-3-7-14-9;/h1-2,5-6,9,14H,3-4,7-8H2;1H/t9-;/m0./s1. The average molecular weight is 267 g/mol. The lowest BCUT2D eigenvalue weighted by molar-refractivity contribution is 0.0641. The van der Waals surface area contributed by atoms with Crippen LogP contribution in [0, 0.1) is 0 Å². The fraction of sp³-hybridized carbons (Fsp3) is 0.385. The lowest BCUT2D eigenvalue weighted by atomic mass is 10.1. The van der Waals surface area contributed by atoms with Crippen molar-refractivity contribution < 1.29 is 9.59 Å². The van der Waals surface area contributed by atoms with Crippen molar-refractivity contribution in [2.45, 2.75) is 18.9 Å². The largest absolute Gasteiger partial charge is 0.312 e. The van der Waals surface area contributed by atoms with Crippen molar-refractivity contribution in [2.24, 2.45) is 0 Å². The fourth-order valence-corrected chi connectivity index (χ4v) is 2.54. The first kappa shape index (κ1) is 13.1. The molecule has 0 radical (unpaired) electrons. The van der Waals surface area contributed by atoms with Crippen LogP contribution in [0.15, 0.2) is 24.3 Å². The van der Waals surface area contributed by atoms with Gasteiger partial charge in [-0.3, -0.25) is 14.5 Å². The minimum atomic E-state index is -0.153. The third-order valence-electron chi connectivity index (χ3n) is 3.44. The van der Waals surface area contributed by atoms with Gasteiger partial charge in [-0.1, -0.05) is 12.1 Å². The molecule has 0 aliphatic carbocycles. The predicted octanol–water partition coefficient (Wildman–Crippen LogP) is 1.46. The third kappa shape index (κ3) is 2.02. The molecule has 0 saturated carbocycles. The summed E-state index contributed by atoms with van der Waals surface area (Å²) in [7, 11) is 0. The SMILES string of the molecule is Cl.O=C1c2ccccc2C(=O)N1C[C@@H]1CCCN1. The van der Waals surface area contributed by atoms with Crippen molar-refractivity contribution in [1.82, 2.24) is 10.2 Å². The second-order valence-electron chi connectivity index (χ2n) is 4.56. The maximum absolute atomic E-state index is 12.1. The molecule has 2 heterocycles. The summed E-state index contributed by atoms with van der Waals surface area (Å²) in [5.74, 6) is -0.307. The molecule has 1 saturated heterocycles. The van der Waals surface area contributed by atoms with E-state index in [0.717, 1.165) is 19.4 Å². The molecule has 0 spiro atoms. The summed E-state index contributed by atoms with van der Waals surface area (Å²) in [6.07, 6.45) is 2.15. The van der Waals surface area contributed by atoms with Crippen molar-refractivity contribution in [3.05, 3.63) is 35.4 Å². The Morgan fingerprint density at radius 2 is 1.78 bits per heavy atom. The number of carbonyl (C=O) groups excluding carboxylic acids is 2. The summed E-state index contributed by atoms with van der Waals surface area (Å²) in [4.78, 5) is 25.5. The van der Waals surface area contributed by atoms with Gasteiger partial charge < -0.3 is 5.32 Å². The first-order valence-electron chi connectivity index (χ1n) is 5.96. The Morgan fingerprint density at radius 3 is 2.28 bits per heavy atom. The highest BCUT2D eigenvalue weighted by atomic mass is 35.5. The van der Waals surface area contributed by atoms with Crippen molar-refractivity contribution in [3.63, 3.8) is 0 Å². The predicted molar refractivity (Wildman–Crippen MR) is 70.1 cm³/mol. The van der Waals surface area contributed by atoms with Crippen LogP contribution in [-0.2, 0) is 0 Å². The Morgan fingerprint density at radius 1 is 1.17 bits per heavy atom. The van der Waals surface area contributed by atoms with Crippen molar-refractivity contribution in [2.75, 3.05) is 13.1 Å². The highest BCUT2D eigenvalue weighted by Gasteiger charge is 2.36. The molecular formula is C13H15ClN2O2. The van der Waals surface area contributed by atoms with Gasteiger partial charge in [0.25, 0.3) is 11.8 Å². The van der Waals surface area contributed by atoms with Crippen LogP contribution in [-0.4, -0.2) is 35.8 Å². The van der Waals surface area contributed by atoms with E-state index in [1.165, 1.54) is 4.90 Å². The van der Waals surface area contributed by atoms with Gasteiger partial charge in [0.1, 0.15) is 0 Å². The van der Waals surface area contributed by atoms with Gasteiger partial charge in [-0.25, -0.2) is 0 Å². The molecule has 1 fully saturated rings. The van der Waals surface area contributed by atoms with Crippen molar-refractivity contribution in [1.29, 1.82) is 0 Å². The second kappa shape index (κ2) is 5.08. The first-order valence-corrected chi connectivity index (χ1v) is 5.96. The van der Waals surface area contributed by atoms with Crippen molar-refractivity contribution >= 4 is 24.2 Å². The number of nitrogens with one attached hydrogen (secondary N) is 1. The van der Waals surface area contributed by atoms with Crippen LogP contribution < -0.4 is 5.32 Å². The molecule has 1 aromatic rings. The number of imide groups is 1. The number of carbonyl (C=O) groups is 2. The highest BCUT2D eigenvalue weighted by molar-refractivity contribution is 6.21. The Balaban J connectivity index is 0.00000120. The molecule has 2 amide bonds. The van der Waals surface area contributed by atoms with E-state index >= 15 is 0 Å². The topological polar surface area (TPSA) is 49.4 Å². The molecule has 18 heavy (non-hydrogen) atoms. The van der Waals surface area contributed by atoms with E-state index in [2.05, 4.69) is 5.32 Å². The lowest BCUT2D eigenvalue weighted by Crippen LogP contribution is -2.40. The summed E-state index contributed by atoms with van der Waals surface area (Å²) in [6.45, 7) is 1.47. The minimum Gasteiger partial charge on any atom is -0.312 e. The summed E-state index contributed by atoms with van der Waals surface area (Å²) in [5.41, 5.74) is 1.07. The molecule has 0 unspecified atom stereocenters. The van der Waals surface area contributed by atoms with Crippen LogP contribution in [0.1, 0.15) is 33.6 Å². The van der Waals surface area contributed by atoms with Gasteiger partial charge in [-0.2, -0.15) is 0 Å². The molecule has 1 N–H and O–H groups in total. The third-order valence-corrected chi connectivity index (χ3v) is 3.44. The molecule has 96 valence electrons. The molecule has 2 aliphatic rings. The van der Waals surface area contributed by atoms with Crippen LogP contribution in [0.5, 0.6) is 0 Å². The Bertz CT molecular complexity index is 449. The zero-order valence-corrected chi connectivity index (χ0v) is 10.7. The summed E-state index contributed by atoms with van der Waals surface area (Å²) in [6, 6.07) is 7.29. The summed E-state index contributed by atoms with van der Waals surface area (Å²) < 4.78 is 0. The van der Waals surface area contributed by atoms with Gasteiger partial charge in [-0.15, -0.1) is 12.4 Å². The molecule has 4 nitrogen and oxygen atoms in total. The zero-order valence-electron chi connectivity index (χ0n) is 9.89. The molecule has 2 aliphatic heterocycles. The maximum Gasteiger partial charge on any atom is 0.261 e. The van der Waals surface area contributed by atoms with Crippen LogP contribution >= 0.6 is 12.4 Å². The van der Waals surface area contributed by atoms with Crippen LogP contribution in [0.4, 0.5) is 0 Å². The van der Waals surface area contributed by atoms with Gasteiger partial charge in [0.05, 0.1) is 11.1 Å². The second-order valence-corrected chi connectivity index (χ2v) is 4.56. The van der Waals surface area contributed by atoms with E-state index in [1.807, 2.05) is 0 Å². The van der Waals surface area contributed by atoms with Crippen molar-refractivity contribution in [3.8, 4) is 0 Å². The molecule has 3 rings (SSSR count). The number of rotatable bonds is 2. The normalized spacial score (nSPS) is 22.0. The van der Waals surface area contributed by atoms with Gasteiger partial charge >= 0.3 is 0 Å². The Labute approximate surface area is 112 Å². The van der Waals surface area contributed by atoms with Gasteiger partial charge in [0.2, 0.25) is 0 Å². The number of hydrogen-bond donors (Lipinski definition) is 1. The van der Waals surface area contributed by atoms with E-state index in [9.17, 15) is 9.59 Å². The molecule has 1 atom stereocenters. The van der Waals surface area contributed by atoms with Gasteiger partial charge in [0.15, 0.2) is 0 Å².